The molecule has 0 bridgehead atoms. The smallest absolute Gasteiger partial charge is 0.163 e. The third kappa shape index (κ3) is 5.36. The summed E-state index contributed by atoms with van der Waals surface area (Å²) in [6, 6.07) is 3.03. The molecule has 1 saturated carbocycles. The number of rotatable bonds is 7. The predicted molar refractivity (Wildman–Crippen MR) is 101 cm³/mol. The molecular weight excluding hydrogens is 380 g/mol. The van der Waals surface area contributed by atoms with E-state index >= 15 is 0 Å². The summed E-state index contributed by atoms with van der Waals surface area (Å²) in [5.41, 5.74) is -1.87. The Bertz CT molecular complexity index is 851. The average Bonchev–Trinajstić information content (AvgIpc) is 3.13. The summed E-state index contributed by atoms with van der Waals surface area (Å²) in [7, 11) is 3.35. The molecular formula is C20H27F2N5O2. The van der Waals surface area contributed by atoms with Crippen LogP contribution in [-0.2, 0) is 12.1 Å². The molecule has 0 spiro atoms. The Kier molecular flexibility index (Phi) is 6.28. The second kappa shape index (κ2) is 8.54. The Hall–Kier alpha value is -2.39. The van der Waals surface area contributed by atoms with Gasteiger partial charge in [-0.1, -0.05) is 19.3 Å². The molecule has 0 radical (unpaired) electrons. The van der Waals surface area contributed by atoms with E-state index in [1.165, 1.54) is 23.4 Å². The maximum atomic E-state index is 14.6. The van der Waals surface area contributed by atoms with E-state index in [0.29, 0.717) is 0 Å². The fourth-order valence-corrected chi connectivity index (χ4v) is 4.04. The van der Waals surface area contributed by atoms with Crippen molar-refractivity contribution >= 4 is 5.90 Å². The van der Waals surface area contributed by atoms with Crippen LogP contribution >= 0.6 is 0 Å². The number of hydrogen-bond donors (Lipinski definition) is 1. The summed E-state index contributed by atoms with van der Waals surface area (Å²) >= 11 is 0. The second-order valence-electron chi connectivity index (χ2n) is 8.30. The Morgan fingerprint density at radius 2 is 2.03 bits per heavy atom. The highest BCUT2D eigenvalue weighted by molar-refractivity contribution is 5.73. The van der Waals surface area contributed by atoms with Crippen molar-refractivity contribution in [3.63, 3.8) is 0 Å². The minimum atomic E-state index is -1.79. The first-order valence-electron chi connectivity index (χ1n) is 9.79. The summed E-state index contributed by atoms with van der Waals surface area (Å²) in [4.78, 5) is 3.85. The number of likely N-dealkylation sites (N-methyl/N-ethyl adjacent to an activating group) is 1. The molecule has 1 unspecified atom stereocenters. The fraction of sp³-hybridized carbons (Fsp3) is 0.550. The van der Waals surface area contributed by atoms with Gasteiger partial charge in [0.25, 0.3) is 0 Å². The van der Waals surface area contributed by atoms with E-state index in [9.17, 15) is 19.0 Å². The van der Waals surface area contributed by atoms with Crippen LogP contribution in [0.15, 0.2) is 36.0 Å². The van der Waals surface area contributed by atoms with E-state index in [1.807, 2.05) is 0 Å². The first kappa shape index (κ1) is 21.3. The molecule has 0 amide bonds. The van der Waals surface area contributed by atoms with Gasteiger partial charge >= 0.3 is 0 Å². The zero-order chi connectivity index (χ0) is 21.1. The third-order valence-electron chi connectivity index (χ3n) is 5.29. The van der Waals surface area contributed by atoms with Crippen molar-refractivity contribution in [3.05, 3.63) is 48.1 Å². The summed E-state index contributed by atoms with van der Waals surface area (Å²) in [5, 5.41) is 32.4. The lowest BCUT2D eigenvalue weighted by Gasteiger charge is -2.36. The Morgan fingerprint density at radius 1 is 1.31 bits per heavy atom. The van der Waals surface area contributed by atoms with Gasteiger partial charge in [0.1, 0.15) is 30.8 Å². The minimum absolute atomic E-state index is 0.0825. The van der Waals surface area contributed by atoms with Crippen molar-refractivity contribution in [1.82, 2.24) is 14.8 Å². The van der Waals surface area contributed by atoms with Crippen molar-refractivity contribution in [2.24, 2.45) is 11.0 Å². The summed E-state index contributed by atoms with van der Waals surface area (Å²) in [6.07, 6.45) is 7.49. The second-order valence-corrected chi connectivity index (χ2v) is 8.30. The summed E-state index contributed by atoms with van der Waals surface area (Å²) in [5.74, 6) is -1.91. The van der Waals surface area contributed by atoms with E-state index < -0.39 is 17.2 Å². The van der Waals surface area contributed by atoms with Crippen LogP contribution in [0.5, 0.6) is 0 Å². The Labute approximate surface area is 168 Å². The predicted octanol–water partition coefficient (Wildman–Crippen LogP) is 1.77. The first-order valence-corrected chi connectivity index (χ1v) is 9.79. The van der Waals surface area contributed by atoms with E-state index in [-0.39, 0.29) is 35.1 Å². The SMILES string of the molecule is C[N+](C)(CC(O)(Cn1cncn1)c1ccc(F)cc1F)/N=C(\[O-])C1CCCCC1. The van der Waals surface area contributed by atoms with Crippen LogP contribution < -0.4 is 5.11 Å². The molecule has 1 heterocycles. The normalized spacial score (nSPS) is 18.6. The van der Waals surface area contributed by atoms with Gasteiger partial charge in [-0.25, -0.2) is 23.0 Å². The molecule has 9 heteroatoms. The van der Waals surface area contributed by atoms with Crippen LogP contribution in [0.4, 0.5) is 8.78 Å². The summed E-state index contributed by atoms with van der Waals surface area (Å²) < 4.78 is 29.1. The van der Waals surface area contributed by atoms with Gasteiger partial charge in [-0.05, 0) is 30.9 Å². The lowest BCUT2D eigenvalue weighted by molar-refractivity contribution is -0.905. The molecule has 0 saturated heterocycles. The fourth-order valence-electron chi connectivity index (χ4n) is 4.04. The van der Waals surface area contributed by atoms with E-state index in [2.05, 4.69) is 15.2 Å². The van der Waals surface area contributed by atoms with Gasteiger partial charge in [-0.3, -0.25) is 0 Å². The zero-order valence-electron chi connectivity index (χ0n) is 16.8. The lowest BCUT2D eigenvalue weighted by Crippen LogP contribution is -2.51. The number of nitrogens with zero attached hydrogens (tertiary/aromatic N) is 5. The summed E-state index contributed by atoms with van der Waals surface area (Å²) in [6.45, 7) is -0.224. The maximum Gasteiger partial charge on any atom is 0.163 e. The van der Waals surface area contributed by atoms with Gasteiger partial charge in [0.15, 0.2) is 5.60 Å². The van der Waals surface area contributed by atoms with Gasteiger partial charge < -0.3 is 10.2 Å². The van der Waals surface area contributed by atoms with E-state index in [4.69, 9.17) is 0 Å². The molecule has 29 heavy (non-hydrogen) atoms. The quantitative estimate of drug-likeness (QED) is 0.328. The molecule has 3 rings (SSSR count). The van der Waals surface area contributed by atoms with Gasteiger partial charge in [-0.2, -0.15) is 5.10 Å². The van der Waals surface area contributed by atoms with E-state index in [1.54, 1.807) is 14.1 Å². The highest BCUT2D eigenvalue weighted by Crippen LogP contribution is 2.30. The molecule has 1 aromatic heterocycles. The molecule has 1 N–H and O–H groups in total. The van der Waals surface area contributed by atoms with Crippen LogP contribution in [0.25, 0.3) is 0 Å². The molecule has 0 aliphatic heterocycles. The highest BCUT2D eigenvalue weighted by atomic mass is 19.1. The number of benzene rings is 1. The number of halogens is 2. The number of aromatic nitrogens is 3. The molecule has 1 aliphatic carbocycles. The van der Waals surface area contributed by atoms with Crippen molar-refractivity contribution in [2.75, 3.05) is 20.6 Å². The maximum absolute atomic E-state index is 14.6. The average molecular weight is 407 g/mol. The molecule has 1 aromatic carbocycles. The van der Waals surface area contributed by atoms with Crippen molar-refractivity contribution in [2.45, 2.75) is 44.2 Å². The van der Waals surface area contributed by atoms with Crippen molar-refractivity contribution in [3.8, 4) is 0 Å². The topological polar surface area (TPSA) is 86.4 Å². The van der Waals surface area contributed by atoms with Gasteiger partial charge in [0.2, 0.25) is 0 Å². The Morgan fingerprint density at radius 3 is 2.66 bits per heavy atom. The first-order chi connectivity index (χ1) is 13.7. The van der Waals surface area contributed by atoms with Gasteiger partial charge in [0.05, 0.1) is 20.6 Å². The molecule has 1 fully saturated rings. The van der Waals surface area contributed by atoms with Gasteiger partial charge in [0, 0.05) is 17.5 Å². The third-order valence-corrected chi connectivity index (χ3v) is 5.29. The highest BCUT2D eigenvalue weighted by Gasteiger charge is 2.40. The molecule has 1 atom stereocenters. The van der Waals surface area contributed by atoms with Crippen molar-refractivity contribution < 1.29 is 23.6 Å². The Balaban J connectivity index is 1.91. The monoisotopic (exact) mass is 407 g/mol. The molecule has 2 aromatic rings. The van der Waals surface area contributed by atoms with Crippen LogP contribution in [-0.4, -0.2) is 51.0 Å². The number of hydrogen-bond acceptors (Lipinski definition) is 5. The number of aliphatic hydroxyl groups is 1. The van der Waals surface area contributed by atoms with Gasteiger partial charge in [-0.15, -0.1) is 5.10 Å². The number of quaternary nitrogens is 1. The standard InChI is InChI=1S/C20H27F2N5O2/c1-27(2,25-19(28)15-6-4-3-5-7-15)12-20(29,11-26-14-23-13-24-26)17-9-8-16(21)10-18(17)22/h8-10,13-15,29H,3-7,11-12H2,1-2H3. The van der Waals surface area contributed by atoms with Crippen molar-refractivity contribution in [1.29, 1.82) is 0 Å². The van der Waals surface area contributed by atoms with Crippen LogP contribution in [0.3, 0.4) is 0 Å². The molecule has 1 aliphatic rings. The zero-order valence-corrected chi connectivity index (χ0v) is 16.8. The van der Waals surface area contributed by atoms with Crippen LogP contribution in [0, 0.1) is 17.6 Å². The lowest BCUT2D eigenvalue weighted by atomic mass is 9.89. The van der Waals surface area contributed by atoms with Crippen LogP contribution in [0.1, 0.15) is 37.7 Å². The van der Waals surface area contributed by atoms with E-state index in [0.717, 1.165) is 44.2 Å². The van der Waals surface area contributed by atoms with Crippen LogP contribution in [0.2, 0.25) is 0 Å². The molecule has 158 valence electrons. The minimum Gasteiger partial charge on any atom is -0.858 e. The largest absolute Gasteiger partial charge is 0.858 e. The molecule has 7 nitrogen and oxygen atoms in total.